The van der Waals surface area contributed by atoms with E-state index in [9.17, 15) is 4.79 Å². The van der Waals surface area contributed by atoms with Gasteiger partial charge in [0.05, 0.1) is 5.56 Å². The minimum Gasteiger partial charge on any atom is -0.478 e. The Labute approximate surface area is 86.7 Å². The Morgan fingerprint density at radius 2 is 2.33 bits per heavy atom. The Balaban J connectivity index is 2.93. The second-order valence-electron chi connectivity index (χ2n) is 2.94. The number of rotatable bonds is 3. The lowest BCUT2D eigenvalue weighted by Gasteiger charge is -2.09. The Kier molecular flexibility index (Phi) is 3.13. The summed E-state index contributed by atoms with van der Waals surface area (Å²) in [5.41, 5.74) is 5.63. The van der Waals surface area contributed by atoms with E-state index >= 15 is 0 Å². The highest BCUT2D eigenvalue weighted by molar-refractivity contribution is 5.93. The van der Waals surface area contributed by atoms with Crippen molar-refractivity contribution < 1.29 is 14.6 Å². The molecule has 0 radical (unpaired) electrons. The maximum Gasteiger partial charge on any atom is 0.337 e. The summed E-state index contributed by atoms with van der Waals surface area (Å²) in [5, 5.41) is 17.2. The highest BCUT2D eigenvalue weighted by atomic mass is 16.5. The molecule has 0 saturated heterocycles. The number of carboxylic acids is 1. The first kappa shape index (κ1) is 10.9. The number of nitrogens with two attached hydrogens (primary N) is 1. The van der Waals surface area contributed by atoms with Crippen LogP contribution in [-0.2, 0) is 0 Å². The number of carboxylic acid groups (broad SMARTS) is 1. The molecule has 0 bridgehead atoms. The van der Waals surface area contributed by atoms with Gasteiger partial charge >= 0.3 is 5.97 Å². The van der Waals surface area contributed by atoms with Crippen LogP contribution in [0.4, 0.5) is 5.69 Å². The highest BCUT2D eigenvalue weighted by Crippen LogP contribution is 2.20. The van der Waals surface area contributed by atoms with Gasteiger partial charge in [-0.2, -0.15) is 5.26 Å². The van der Waals surface area contributed by atoms with Gasteiger partial charge < -0.3 is 15.6 Å². The van der Waals surface area contributed by atoms with E-state index in [1.165, 1.54) is 18.2 Å². The summed E-state index contributed by atoms with van der Waals surface area (Å²) in [5.74, 6) is -0.709. The topological polar surface area (TPSA) is 96.3 Å². The molecular weight excluding hydrogens is 196 g/mol. The molecule has 1 unspecified atom stereocenters. The predicted octanol–water partition coefficient (Wildman–Crippen LogP) is 1.26. The van der Waals surface area contributed by atoms with E-state index in [1.807, 2.05) is 6.07 Å². The van der Waals surface area contributed by atoms with Crippen LogP contribution in [0.1, 0.15) is 17.3 Å². The largest absolute Gasteiger partial charge is 0.478 e. The second kappa shape index (κ2) is 4.33. The zero-order chi connectivity index (χ0) is 11.4. The number of anilines is 1. The fourth-order valence-electron chi connectivity index (χ4n) is 1.04. The molecule has 15 heavy (non-hydrogen) atoms. The van der Waals surface area contributed by atoms with Gasteiger partial charge in [0.25, 0.3) is 0 Å². The number of nitriles is 1. The van der Waals surface area contributed by atoms with E-state index in [2.05, 4.69) is 0 Å². The Morgan fingerprint density at radius 1 is 1.67 bits per heavy atom. The smallest absolute Gasteiger partial charge is 0.337 e. The van der Waals surface area contributed by atoms with Gasteiger partial charge in [-0.3, -0.25) is 0 Å². The molecule has 0 spiro atoms. The number of carbonyl (C=O) groups is 1. The maximum atomic E-state index is 10.6. The second-order valence-corrected chi connectivity index (χ2v) is 2.94. The van der Waals surface area contributed by atoms with E-state index in [-0.39, 0.29) is 11.3 Å². The van der Waals surface area contributed by atoms with Crippen molar-refractivity contribution in [3.05, 3.63) is 23.8 Å². The maximum absolute atomic E-state index is 10.6. The van der Waals surface area contributed by atoms with Crippen molar-refractivity contribution >= 4 is 11.7 Å². The minimum atomic E-state index is -1.09. The molecule has 0 aliphatic rings. The quantitative estimate of drug-likeness (QED) is 0.725. The third kappa shape index (κ3) is 2.61. The zero-order valence-electron chi connectivity index (χ0n) is 8.10. The van der Waals surface area contributed by atoms with Crippen molar-refractivity contribution in [2.75, 3.05) is 5.73 Å². The molecule has 5 heteroatoms. The first-order valence-corrected chi connectivity index (χ1v) is 4.23. The van der Waals surface area contributed by atoms with Crippen molar-refractivity contribution in [2.24, 2.45) is 0 Å². The fourth-order valence-corrected chi connectivity index (χ4v) is 1.04. The van der Waals surface area contributed by atoms with Crippen LogP contribution in [0.3, 0.4) is 0 Å². The molecule has 0 aliphatic carbocycles. The van der Waals surface area contributed by atoms with Crippen molar-refractivity contribution in [3.8, 4) is 11.8 Å². The van der Waals surface area contributed by atoms with Crippen molar-refractivity contribution in [2.45, 2.75) is 13.0 Å². The molecule has 0 aliphatic heterocycles. The minimum absolute atomic E-state index is 0.0203. The summed E-state index contributed by atoms with van der Waals surface area (Å²) < 4.78 is 5.15. The van der Waals surface area contributed by atoms with E-state index < -0.39 is 12.1 Å². The summed E-state index contributed by atoms with van der Waals surface area (Å²) >= 11 is 0. The van der Waals surface area contributed by atoms with Crippen LogP contribution in [-0.4, -0.2) is 17.2 Å². The fraction of sp³-hybridized carbons (Fsp3) is 0.200. The summed E-state index contributed by atoms with van der Waals surface area (Å²) in [6, 6.07) is 6.09. The van der Waals surface area contributed by atoms with Crippen molar-refractivity contribution in [1.29, 1.82) is 5.26 Å². The molecule has 0 heterocycles. The van der Waals surface area contributed by atoms with Crippen LogP contribution in [0.25, 0.3) is 0 Å². The number of benzene rings is 1. The van der Waals surface area contributed by atoms with Crippen LogP contribution in [0, 0.1) is 11.3 Å². The number of hydrogen-bond acceptors (Lipinski definition) is 4. The molecule has 0 aromatic heterocycles. The van der Waals surface area contributed by atoms with Gasteiger partial charge in [0.1, 0.15) is 11.8 Å². The zero-order valence-corrected chi connectivity index (χ0v) is 8.10. The molecule has 1 rings (SSSR count). The molecular formula is C10H10N2O3. The van der Waals surface area contributed by atoms with Crippen LogP contribution >= 0.6 is 0 Å². The standard InChI is InChI=1S/C10H10N2O3/c1-6(5-11)15-7-2-3-8(10(13)14)9(12)4-7/h2-4,6H,12H2,1H3,(H,13,14). The summed E-state index contributed by atoms with van der Waals surface area (Å²) in [6.45, 7) is 1.58. The van der Waals surface area contributed by atoms with Gasteiger partial charge in [0.15, 0.2) is 6.10 Å². The van der Waals surface area contributed by atoms with E-state index in [4.69, 9.17) is 20.8 Å². The SMILES string of the molecule is CC(C#N)Oc1ccc(C(=O)O)c(N)c1. The first-order chi connectivity index (χ1) is 7.04. The van der Waals surface area contributed by atoms with E-state index in [0.717, 1.165) is 0 Å². The Morgan fingerprint density at radius 3 is 2.80 bits per heavy atom. The number of nitrogens with zero attached hydrogens (tertiary/aromatic N) is 1. The predicted molar refractivity (Wildman–Crippen MR) is 53.5 cm³/mol. The number of nitrogen functional groups attached to an aromatic ring is 1. The number of ether oxygens (including phenoxy) is 1. The molecule has 5 nitrogen and oxygen atoms in total. The molecule has 0 amide bonds. The summed E-state index contributed by atoms with van der Waals surface area (Å²) in [6.07, 6.45) is -0.597. The molecule has 78 valence electrons. The third-order valence-electron chi connectivity index (χ3n) is 1.75. The lowest BCUT2D eigenvalue weighted by atomic mass is 10.2. The summed E-state index contributed by atoms with van der Waals surface area (Å²) in [4.78, 5) is 10.6. The molecule has 1 aromatic rings. The van der Waals surface area contributed by atoms with Gasteiger partial charge in [0.2, 0.25) is 0 Å². The lowest BCUT2D eigenvalue weighted by Crippen LogP contribution is -2.09. The molecule has 0 saturated carbocycles. The van der Waals surface area contributed by atoms with Gasteiger partial charge in [-0.1, -0.05) is 0 Å². The number of hydrogen-bond donors (Lipinski definition) is 2. The van der Waals surface area contributed by atoms with E-state index in [1.54, 1.807) is 6.92 Å². The highest BCUT2D eigenvalue weighted by Gasteiger charge is 2.09. The lowest BCUT2D eigenvalue weighted by molar-refractivity contribution is 0.0698. The van der Waals surface area contributed by atoms with Crippen LogP contribution in [0.2, 0.25) is 0 Å². The Bertz CT molecular complexity index is 423. The first-order valence-electron chi connectivity index (χ1n) is 4.23. The van der Waals surface area contributed by atoms with Gasteiger partial charge in [-0.05, 0) is 19.1 Å². The molecule has 1 aromatic carbocycles. The van der Waals surface area contributed by atoms with Gasteiger partial charge in [-0.15, -0.1) is 0 Å². The third-order valence-corrected chi connectivity index (χ3v) is 1.75. The summed E-state index contributed by atoms with van der Waals surface area (Å²) in [7, 11) is 0. The van der Waals surface area contributed by atoms with Crippen molar-refractivity contribution in [3.63, 3.8) is 0 Å². The average molecular weight is 206 g/mol. The monoisotopic (exact) mass is 206 g/mol. The normalized spacial score (nSPS) is 11.5. The van der Waals surface area contributed by atoms with Crippen LogP contribution in [0.5, 0.6) is 5.75 Å². The van der Waals surface area contributed by atoms with Gasteiger partial charge in [-0.25, -0.2) is 4.79 Å². The van der Waals surface area contributed by atoms with Crippen molar-refractivity contribution in [1.82, 2.24) is 0 Å². The number of aromatic carboxylic acids is 1. The molecule has 1 atom stereocenters. The average Bonchev–Trinajstić information content (AvgIpc) is 2.17. The van der Waals surface area contributed by atoms with Crippen LogP contribution < -0.4 is 10.5 Å². The molecule has 0 fully saturated rings. The van der Waals surface area contributed by atoms with E-state index in [0.29, 0.717) is 5.75 Å². The van der Waals surface area contributed by atoms with Crippen LogP contribution in [0.15, 0.2) is 18.2 Å². The Hall–Kier alpha value is -2.22. The molecule has 3 N–H and O–H groups in total. The van der Waals surface area contributed by atoms with Gasteiger partial charge in [0, 0.05) is 11.8 Å².